The molecule has 1 heterocycles. The molecule has 0 saturated carbocycles. The lowest BCUT2D eigenvalue weighted by atomic mass is 10.3. The number of thiazole rings is 1. The van der Waals surface area contributed by atoms with Crippen molar-refractivity contribution in [2.45, 2.75) is 4.90 Å². The van der Waals surface area contributed by atoms with E-state index >= 15 is 0 Å². The number of sulfonamides is 1. The van der Waals surface area contributed by atoms with Gasteiger partial charge in [-0.3, -0.25) is 9.52 Å². The third-order valence-corrected chi connectivity index (χ3v) is 5.68. The van der Waals surface area contributed by atoms with Crippen LogP contribution in [0, 0.1) is 0 Å². The summed E-state index contributed by atoms with van der Waals surface area (Å²) in [5.74, 6) is 0.874. The molecule has 0 aliphatic carbocycles. The van der Waals surface area contributed by atoms with Crippen LogP contribution in [0.3, 0.4) is 0 Å². The van der Waals surface area contributed by atoms with Gasteiger partial charge in [-0.2, -0.15) is 0 Å². The molecular formula is C14H15N3O3S3. The first-order valence-electron chi connectivity index (χ1n) is 6.52. The van der Waals surface area contributed by atoms with Crippen LogP contribution < -0.4 is 10.0 Å². The number of nitrogens with one attached hydrogen (secondary N) is 2. The minimum Gasteiger partial charge on any atom is -0.325 e. The Bertz CT molecular complexity index is 756. The molecule has 122 valence electrons. The van der Waals surface area contributed by atoms with Gasteiger partial charge in [0.05, 0.1) is 10.6 Å². The molecule has 1 aromatic carbocycles. The van der Waals surface area contributed by atoms with Crippen molar-refractivity contribution in [2.75, 3.05) is 21.5 Å². The molecule has 1 aromatic heterocycles. The van der Waals surface area contributed by atoms with Gasteiger partial charge in [-0.15, -0.1) is 29.7 Å². The van der Waals surface area contributed by atoms with E-state index in [2.05, 4.69) is 21.6 Å². The predicted octanol–water partition coefficient (Wildman–Crippen LogP) is 2.80. The third-order valence-electron chi connectivity index (χ3n) is 2.57. The first-order chi connectivity index (χ1) is 11.0. The summed E-state index contributed by atoms with van der Waals surface area (Å²) < 4.78 is 26.7. The van der Waals surface area contributed by atoms with Gasteiger partial charge in [-0.25, -0.2) is 13.4 Å². The van der Waals surface area contributed by atoms with Crippen molar-refractivity contribution in [3.63, 3.8) is 0 Å². The molecule has 0 atom stereocenters. The Labute approximate surface area is 143 Å². The van der Waals surface area contributed by atoms with Gasteiger partial charge >= 0.3 is 0 Å². The van der Waals surface area contributed by atoms with Crippen LogP contribution in [-0.2, 0) is 14.8 Å². The average molecular weight is 369 g/mol. The summed E-state index contributed by atoms with van der Waals surface area (Å²) in [7, 11) is -3.68. The molecule has 0 bridgehead atoms. The maximum absolute atomic E-state index is 12.2. The van der Waals surface area contributed by atoms with E-state index in [1.807, 2.05) is 0 Å². The summed E-state index contributed by atoms with van der Waals surface area (Å²) >= 11 is 2.65. The number of aromatic nitrogens is 1. The summed E-state index contributed by atoms with van der Waals surface area (Å²) in [6.45, 7) is 3.58. The fourth-order valence-corrected chi connectivity index (χ4v) is 3.93. The van der Waals surface area contributed by atoms with E-state index in [1.165, 1.54) is 41.4 Å². The van der Waals surface area contributed by atoms with E-state index < -0.39 is 10.0 Å². The molecule has 0 radical (unpaired) electrons. The van der Waals surface area contributed by atoms with Gasteiger partial charge in [-0.1, -0.05) is 6.08 Å². The van der Waals surface area contributed by atoms with Gasteiger partial charge in [0.25, 0.3) is 10.0 Å². The normalized spacial score (nSPS) is 11.0. The average Bonchev–Trinajstić information content (AvgIpc) is 3.00. The smallest absolute Gasteiger partial charge is 0.263 e. The Hall–Kier alpha value is -1.84. The Kier molecular flexibility index (Phi) is 6.20. The molecule has 2 aromatic rings. The topological polar surface area (TPSA) is 88.2 Å². The van der Waals surface area contributed by atoms with Gasteiger partial charge in [0.1, 0.15) is 0 Å². The molecule has 0 saturated heterocycles. The summed E-state index contributed by atoms with van der Waals surface area (Å²) in [6, 6.07) is 5.96. The van der Waals surface area contributed by atoms with Crippen LogP contribution >= 0.6 is 23.1 Å². The fraction of sp³-hybridized carbons (Fsp3) is 0.143. The summed E-state index contributed by atoms with van der Waals surface area (Å²) in [5, 5.41) is 4.69. The van der Waals surface area contributed by atoms with Crippen LogP contribution in [0.5, 0.6) is 0 Å². The number of hydrogen-bond acceptors (Lipinski definition) is 6. The number of thioether (sulfide) groups is 1. The number of anilines is 2. The number of carbonyl (C=O) groups excluding carboxylic acids is 1. The molecule has 0 aliphatic heterocycles. The van der Waals surface area contributed by atoms with Crippen LogP contribution in [0.1, 0.15) is 0 Å². The lowest BCUT2D eigenvalue weighted by molar-refractivity contribution is -0.113. The second-order valence-corrected chi connectivity index (χ2v) is 7.93. The fourth-order valence-electron chi connectivity index (χ4n) is 1.60. The highest BCUT2D eigenvalue weighted by molar-refractivity contribution is 8.00. The SMILES string of the molecule is C=CCSCC(=O)Nc1ccc(S(=O)(=O)Nc2nccs2)cc1. The van der Waals surface area contributed by atoms with Crippen LogP contribution in [0.15, 0.2) is 53.4 Å². The molecule has 2 rings (SSSR count). The molecule has 0 spiro atoms. The zero-order chi connectivity index (χ0) is 16.7. The van der Waals surface area contributed by atoms with Crippen molar-refractivity contribution >= 4 is 49.8 Å². The predicted molar refractivity (Wildman–Crippen MR) is 95.5 cm³/mol. The number of benzene rings is 1. The van der Waals surface area contributed by atoms with Gasteiger partial charge in [-0.05, 0) is 24.3 Å². The first kappa shape index (κ1) is 17.5. The van der Waals surface area contributed by atoms with Crippen LogP contribution in [-0.4, -0.2) is 30.8 Å². The van der Waals surface area contributed by atoms with Gasteiger partial charge < -0.3 is 5.32 Å². The Morgan fingerprint density at radius 3 is 2.70 bits per heavy atom. The van der Waals surface area contributed by atoms with Crippen molar-refractivity contribution in [3.8, 4) is 0 Å². The standard InChI is InChI=1S/C14H15N3O3S3/c1-2-8-21-10-13(18)16-11-3-5-12(6-4-11)23(19,20)17-14-15-7-9-22-14/h2-7,9H,1,8,10H2,(H,15,17)(H,16,18). The van der Waals surface area contributed by atoms with Crippen molar-refractivity contribution in [1.82, 2.24) is 4.98 Å². The molecule has 9 heteroatoms. The highest BCUT2D eigenvalue weighted by atomic mass is 32.2. The Morgan fingerprint density at radius 1 is 1.35 bits per heavy atom. The number of hydrogen-bond donors (Lipinski definition) is 2. The number of carbonyl (C=O) groups is 1. The summed E-state index contributed by atoms with van der Waals surface area (Å²) in [4.78, 5) is 15.7. The van der Waals surface area contributed by atoms with E-state index in [-0.39, 0.29) is 10.8 Å². The van der Waals surface area contributed by atoms with E-state index in [0.29, 0.717) is 22.3 Å². The van der Waals surface area contributed by atoms with E-state index in [0.717, 1.165) is 0 Å². The van der Waals surface area contributed by atoms with Crippen molar-refractivity contribution in [2.24, 2.45) is 0 Å². The lowest BCUT2D eigenvalue weighted by Gasteiger charge is -2.07. The molecule has 23 heavy (non-hydrogen) atoms. The lowest BCUT2D eigenvalue weighted by Crippen LogP contribution is -2.15. The van der Waals surface area contributed by atoms with Gasteiger partial charge in [0.2, 0.25) is 5.91 Å². The van der Waals surface area contributed by atoms with Gasteiger partial charge in [0, 0.05) is 23.0 Å². The van der Waals surface area contributed by atoms with Crippen LogP contribution in [0.4, 0.5) is 10.8 Å². The molecule has 0 unspecified atom stereocenters. The Balaban J connectivity index is 1.98. The highest BCUT2D eigenvalue weighted by Gasteiger charge is 2.15. The first-order valence-corrected chi connectivity index (χ1v) is 10.0. The minimum absolute atomic E-state index is 0.103. The third kappa shape index (κ3) is 5.38. The zero-order valence-electron chi connectivity index (χ0n) is 12.1. The van der Waals surface area contributed by atoms with E-state index in [4.69, 9.17) is 0 Å². The zero-order valence-corrected chi connectivity index (χ0v) is 14.5. The number of nitrogens with zero attached hydrogens (tertiary/aromatic N) is 1. The molecule has 1 amide bonds. The summed E-state index contributed by atoms with van der Waals surface area (Å²) in [6.07, 6.45) is 3.25. The van der Waals surface area contributed by atoms with Crippen LogP contribution in [0.25, 0.3) is 0 Å². The van der Waals surface area contributed by atoms with Crippen molar-refractivity contribution < 1.29 is 13.2 Å². The number of rotatable bonds is 8. The highest BCUT2D eigenvalue weighted by Crippen LogP contribution is 2.19. The quantitative estimate of drug-likeness (QED) is 0.552. The van der Waals surface area contributed by atoms with Crippen LogP contribution in [0.2, 0.25) is 0 Å². The molecular weight excluding hydrogens is 354 g/mol. The maximum atomic E-state index is 12.2. The molecule has 0 aliphatic rings. The number of amides is 1. The molecule has 6 nitrogen and oxygen atoms in total. The minimum atomic E-state index is -3.68. The molecule has 2 N–H and O–H groups in total. The maximum Gasteiger partial charge on any atom is 0.263 e. The molecule has 0 fully saturated rings. The van der Waals surface area contributed by atoms with Crippen molar-refractivity contribution in [1.29, 1.82) is 0 Å². The second-order valence-electron chi connectivity index (χ2n) is 4.32. The largest absolute Gasteiger partial charge is 0.325 e. The van der Waals surface area contributed by atoms with Crippen molar-refractivity contribution in [3.05, 3.63) is 48.5 Å². The Morgan fingerprint density at radius 2 is 2.09 bits per heavy atom. The second kappa shape index (κ2) is 8.14. The van der Waals surface area contributed by atoms with Gasteiger partial charge in [0.15, 0.2) is 5.13 Å². The summed E-state index contributed by atoms with van der Waals surface area (Å²) in [5.41, 5.74) is 0.544. The van der Waals surface area contributed by atoms with E-state index in [1.54, 1.807) is 23.6 Å². The van der Waals surface area contributed by atoms with E-state index in [9.17, 15) is 13.2 Å². The monoisotopic (exact) mass is 369 g/mol.